The summed E-state index contributed by atoms with van der Waals surface area (Å²) < 4.78 is 0. The topological polar surface area (TPSA) is 38.7 Å². The van der Waals surface area contributed by atoms with Crippen molar-refractivity contribution in [3.63, 3.8) is 0 Å². The van der Waals surface area contributed by atoms with Crippen LogP contribution >= 0.6 is 0 Å². The summed E-state index contributed by atoms with van der Waals surface area (Å²) in [4.78, 5) is 14.7. The molecule has 7 aromatic rings. The Labute approximate surface area is 258 Å². The average molecular weight is 580 g/mol. The number of hydrogen-bond donors (Lipinski definition) is 0. The van der Waals surface area contributed by atoms with Crippen LogP contribution in [-0.4, -0.2) is 23.0 Å². The van der Waals surface area contributed by atoms with Gasteiger partial charge in [-0.3, -0.25) is 0 Å². The summed E-state index contributed by atoms with van der Waals surface area (Å²) in [6.07, 6.45) is 0. The van der Waals surface area contributed by atoms with Crippen LogP contribution in [0, 0.1) is 0 Å². The number of aromatic nitrogens is 3. The number of fused-ring (bicyclic) bond motifs is 3. The Morgan fingerprint density at radius 2 is 0.795 bits per heavy atom. The highest BCUT2D eigenvalue weighted by molar-refractivity contribution is 7.13. The predicted octanol–water partition coefficient (Wildman–Crippen LogP) is 7.62. The molecule has 0 saturated carbocycles. The Hall–Kier alpha value is -5.45. The van der Waals surface area contributed by atoms with Crippen LogP contribution in [0.1, 0.15) is 0 Å². The van der Waals surface area contributed by atoms with Gasteiger partial charge in [-0.25, -0.2) is 15.0 Å². The second-order valence-electron chi connectivity index (χ2n) is 11.4. The molecule has 0 fully saturated rings. The molecule has 1 aromatic heterocycles. The van der Waals surface area contributed by atoms with Crippen molar-refractivity contribution in [2.24, 2.45) is 0 Å². The smallest absolute Gasteiger partial charge is 0.164 e. The van der Waals surface area contributed by atoms with Gasteiger partial charge in [-0.05, 0) is 37.8 Å². The predicted molar refractivity (Wildman–Crippen MR) is 184 cm³/mol. The normalized spacial score (nSPS) is 15.0. The quantitative estimate of drug-likeness (QED) is 0.197. The lowest BCUT2D eigenvalue weighted by Gasteiger charge is -2.26. The maximum atomic E-state index is 4.91. The number of rotatable bonds is 5. The summed E-state index contributed by atoms with van der Waals surface area (Å²) in [5, 5.41) is 4.41. The SMILES string of the molecule is C[Si]1(c2ccccc2)c2ccccc2-c2ccc(-c3ccc(-c4nc(-c5ccccc5)nc(-c5ccccc5)n4)cc3)cc21. The molecule has 0 radical (unpaired) electrons. The Balaban J connectivity index is 1.20. The first-order valence-electron chi connectivity index (χ1n) is 15.0. The van der Waals surface area contributed by atoms with Crippen molar-refractivity contribution in [2.45, 2.75) is 6.55 Å². The molecule has 1 atom stereocenters. The third-order valence-electron chi connectivity index (χ3n) is 8.84. The van der Waals surface area contributed by atoms with Gasteiger partial charge in [-0.15, -0.1) is 0 Å². The minimum absolute atomic E-state index is 0.665. The van der Waals surface area contributed by atoms with E-state index in [4.69, 9.17) is 15.0 Å². The van der Waals surface area contributed by atoms with Gasteiger partial charge in [0.15, 0.2) is 17.5 Å². The molecule has 2 heterocycles. The molecule has 0 saturated heterocycles. The lowest BCUT2D eigenvalue weighted by molar-refractivity contribution is 1.07. The highest BCUT2D eigenvalue weighted by atomic mass is 28.3. The zero-order chi connectivity index (χ0) is 29.5. The first-order chi connectivity index (χ1) is 21.7. The van der Waals surface area contributed by atoms with Crippen molar-refractivity contribution in [1.82, 2.24) is 15.0 Å². The van der Waals surface area contributed by atoms with E-state index in [1.807, 2.05) is 60.7 Å². The van der Waals surface area contributed by atoms with Crippen LogP contribution in [0.15, 0.2) is 158 Å². The highest BCUT2D eigenvalue weighted by Crippen LogP contribution is 2.32. The first-order valence-corrected chi connectivity index (χ1v) is 17.5. The maximum absolute atomic E-state index is 4.91. The monoisotopic (exact) mass is 579 g/mol. The van der Waals surface area contributed by atoms with Crippen LogP contribution in [0.3, 0.4) is 0 Å². The van der Waals surface area contributed by atoms with E-state index in [0.717, 1.165) is 16.7 Å². The second kappa shape index (κ2) is 10.7. The molecule has 1 unspecified atom stereocenters. The van der Waals surface area contributed by atoms with E-state index in [0.29, 0.717) is 17.5 Å². The molecule has 3 nitrogen and oxygen atoms in total. The van der Waals surface area contributed by atoms with Gasteiger partial charge in [0.1, 0.15) is 8.07 Å². The van der Waals surface area contributed by atoms with Gasteiger partial charge in [-0.2, -0.15) is 0 Å². The summed E-state index contributed by atoms with van der Waals surface area (Å²) in [6, 6.07) is 55.9. The second-order valence-corrected chi connectivity index (χ2v) is 15.3. The summed E-state index contributed by atoms with van der Waals surface area (Å²) in [5.74, 6) is 2.00. The van der Waals surface area contributed by atoms with Crippen molar-refractivity contribution in [1.29, 1.82) is 0 Å². The summed E-state index contributed by atoms with van der Waals surface area (Å²) in [7, 11) is -2.14. The molecule has 0 aliphatic carbocycles. The molecule has 1 aliphatic rings. The first kappa shape index (κ1) is 26.2. The van der Waals surface area contributed by atoms with Crippen LogP contribution in [0.2, 0.25) is 6.55 Å². The van der Waals surface area contributed by atoms with Crippen LogP contribution in [-0.2, 0) is 0 Å². The van der Waals surface area contributed by atoms with Crippen molar-refractivity contribution in [3.8, 4) is 56.4 Å². The molecule has 8 rings (SSSR count). The molecule has 4 heteroatoms. The molecule has 208 valence electrons. The largest absolute Gasteiger partial charge is 0.208 e. The fourth-order valence-corrected chi connectivity index (χ4v) is 10.7. The Morgan fingerprint density at radius 1 is 0.364 bits per heavy atom. The third-order valence-corrected chi connectivity index (χ3v) is 13.3. The van der Waals surface area contributed by atoms with Crippen LogP contribution in [0.4, 0.5) is 0 Å². The van der Waals surface area contributed by atoms with Gasteiger partial charge in [0.25, 0.3) is 0 Å². The minimum Gasteiger partial charge on any atom is -0.208 e. The lowest BCUT2D eigenvalue weighted by atomic mass is 9.99. The van der Waals surface area contributed by atoms with Crippen LogP contribution in [0.25, 0.3) is 56.4 Å². The fourth-order valence-electron chi connectivity index (χ4n) is 6.50. The molecule has 1 aliphatic heterocycles. The maximum Gasteiger partial charge on any atom is 0.164 e. The van der Waals surface area contributed by atoms with Gasteiger partial charge in [0.2, 0.25) is 0 Å². The van der Waals surface area contributed by atoms with E-state index in [9.17, 15) is 0 Å². The zero-order valence-corrected chi connectivity index (χ0v) is 25.4. The van der Waals surface area contributed by atoms with Gasteiger partial charge in [0, 0.05) is 16.7 Å². The van der Waals surface area contributed by atoms with E-state index in [1.165, 1.54) is 37.8 Å². The third kappa shape index (κ3) is 4.39. The highest BCUT2D eigenvalue weighted by Gasteiger charge is 2.42. The Bertz CT molecular complexity index is 2050. The van der Waals surface area contributed by atoms with E-state index >= 15 is 0 Å². The molecule has 0 N–H and O–H groups in total. The molecule has 44 heavy (non-hydrogen) atoms. The van der Waals surface area contributed by atoms with Crippen molar-refractivity contribution in [3.05, 3.63) is 158 Å². The molecular formula is C40H29N3Si. The van der Waals surface area contributed by atoms with Gasteiger partial charge in [-0.1, -0.05) is 164 Å². The zero-order valence-electron chi connectivity index (χ0n) is 24.4. The van der Waals surface area contributed by atoms with Crippen molar-refractivity contribution >= 4 is 23.6 Å². The summed E-state index contributed by atoms with van der Waals surface area (Å²) in [6.45, 7) is 2.50. The van der Waals surface area contributed by atoms with Crippen LogP contribution < -0.4 is 15.6 Å². The fraction of sp³-hybridized carbons (Fsp3) is 0.0250. The number of hydrogen-bond acceptors (Lipinski definition) is 3. The molecule has 6 aromatic carbocycles. The lowest BCUT2D eigenvalue weighted by Crippen LogP contribution is -2.62. The van der Waals surface area contributed by atoms with Gasteiger partial charge >= 0.3 is 0 Å². The standard InChI is InChI=1S/C40H29N3Si/c1-44(33-17-9-4-10-18-33)36-20-12-11-19-34(36)35-26-25-32(27-37(35)44)28-21-23-31(24-22-28)40-42-38(29-13-5-2-6-14-29)41-39(43-40)30-15-7-3-8-16-30/h2-27H,1H3. The molecule has 0 spiro atoms. The van der Waals surface area contributed by atoms with Crippen LogP contribution in [0.5, 0.6) is 0 Å². The van der Waals surface area contributed by atoms with Gasteiger partial charge in [0.05, 0.1) is 0 Å². The molecule has 0 bridgehead atoms. The molecule has 0 amide bonds. The van der Waals surface area contributed by atoms with Crippen molar-refractivity contribution in [2.75, 3.05) is 0 Å². The summed E-state index contributed by atoms with van der Waals surface area (Å²) in [5.41, 5.74) is 8.04. The van der Waals surface area contributed by atoms with E-state index in [1.54, 1.807) is 0 Å². The van der Waals surface area contributed by atoms with Crippen molar-refractivity contribution < 1.29 is 0 Å². The molecular weight excluding hydrogens is 551 g/mol. The van der Waals surface area contributed by atoms with E-state index in [2.05, 4.69) is 104 Å². The minimum atomic E-state index is -2.14. The number of nitrogens with zero attached hydrogens (tertiary/aromatic N) is 3. The Kier molecular flexibility index (Phi) is 6.35. The average Bonchev–Trinajstić information content (AvgIpc) is 3.37. The van der Waals surface area contributed by atoms with Gasteiger partial charge < -0.3 is 0 Å². The van der Waals surface area contributed by atoms with E-state index < -0.39 is 8.07 Å². The summed E-state index contributed by atoms with van der Waals surface area (Å²) >= 11 is 0. The Morgan fingerprint density at radius 3 is 1.39 bits per heavy atom. The number of benzene rings is 6. The van der Waals surface area contributed by atoms with E-state index in [-0.39, 0.29) is 0 Å².